The monoisotopic (exact) mass is 357 g/mol. The number of hydrogen-bond donors (Lipinski definition) is 0. The van der Waals surface area contributed by atoms with E-state index in [0.717, 1.165) is 16.0 Å². The Balaban J connectivity index is 2.32. The predicted molar refractivity (Wildman–Crippen MR) is 87.2 cm³/mol. The van der Waals surface area contributed by atoms with E-state index in [1.165, 1.54) is 11.3 Å². The van der Waals surface area contributed by atoms with E-state index in [1.54, 1.807) is 0 Å². The van der Waals surface area contributed by atoms with Gasteiger partial charge in [-0.15, -0.1) is 11.3 Å². The number of rotatable bonds is 3. The van der Waals surface area contributed by atoms with Crippen LogP contribution in [0.4, 0.5) is 0 Å². The fourth-order valence-electron chi connectivity index (χ4n) is 2.26. The van der Waals surface area contributed by atoms with Crippen molar-refractivity contribution in [2.24, 2.45) is 0 Å². The number of halogens is 1. The highest BCUT2D eigenvalue weighted by molar-refractivity contribution is 9.11. The minimum Gasteiger partial charge on any atom is -0.545 e. The number of benzene rings is 2. The van der Waals surface area contributed by atoms with Gasteiger partial charge in [0.2, 0.25) is 0 Å². The zero-order valence-corrected chi connectivity index (χ0v) is 13.3. The van der Waals surface area contributed by atoms with Crippen LogP contribution in [0.25, 0.3) is 21.6 Å². The Kier molecular flexibility index (Phi) is 3.90. The molecular formula is C17H10BrO2S-. The van der Waals surface area contributed by atoms with Crippen molar-refractivity contribution in [3.05, 3.63) is 70.0 Å². The summed E-state index contributed by atoms with van der Waals surface area (Å²) in [7, 11) is 0. The molecule has 2 nitrogen and oxygen atoms in total. The zero-order valence-electron chi connectivity index (χ0n) is 10.9. The van der Waals surface area contributed by atoms with Gasteiger partial charge in [-0.25, -0.2) is 0 Å². The first-order valence-corrected chi connectivity index (χ1v) is 7.94. The molecule has 0 fully saturated rings. The molecule has 0 aliphatic heterocycles. The second-order valence-corrected chi connectivity index (χ2v) is 6.81. The first kappa shape index (κ1) is 14.0. The summed E-state index contributed by atoms with van der Waals surface area (Å²) in [5.74, 6) is -1.17. The van der Waals surface area contributed by atoms with Crippen LogP contribution in [-0.4, -0.2) is 5.97 Å². The molecule has 0 saturated carbocycles. The van der Waals surface area contributed by atoms with Crippen LogP contribution in [0.5, 0.6) is 0 Å². The molecule has 4 heteroatoms. The highest BCUT2D eigenvalue weighted by Crippen LogP contribution is 2.45. The van der Waals surface area contributed by atoms with E-state index >= 15 is 0 Å². The number of aromatic carboxylic acids is 1. The Morgan fingerprint density at radius 3 is 1.95 bits per heavy atom. The molecule has 104 valence electrons. The van der Waals surface area contributed by atoms with Crippen molar-refractivity contribution in [2.75, 3.05) is 0 Å². The molecule has 2 aromatic carbocycles. The van der Waals surface area contributed by atoms with E-state index in [-0.39, 0.29) is 5.56 Å². The summed E-state index contributed by atoms with van der Waals surface area (Å²) < 4.78 is 0.584. The normalized spacial score (nSPS) is 10.5. The summed E-state index contributed by atoms with van der Waals surface area (Å²) >= 11 is 4.77. The lowest BCUT2D eigenvalue weighted by Crippen LogP contribution is -2.22. The van der Waals surface area contributed by atoms with Crippen molar-refractivity contribution in [1.82, 2.24) is 0 Å². The van der Waals surface area contributed by atoms with Crippen molar-refractivity contribution < 1.29 is 9.90 Å². The average Bonchev–Trinajstić information content (AvgIpc) is 2.86. The van der Waals surface area contributed by atoms with Crippen LogP contribution in [0, 0.1) is 0 Å². The lowest BCUT2D eigenvalue weighted by atomic mass is 9.99. The largest absolute Gasteiger partial charge is 0.545 e. The highest BCUT2D eigenvalue weighted by atomic mass is 79.9. The molecule has 1 heterocycles. The predicted octanol–water partition coefficient (Wildman–Crippen LogP) is 4.21. The van der Waals surface area contributed by atoms with E-state index in [0.29, 0.717) is 9.35 Å². The van der Waals surface area contributed by atoms with Gasteiger partial charge in [0.15, 0.2) is 0 Å². The Hall–Kier alpha value is -1.91. The first-order chi connectivity index (χ1) is 10.2. The van der Waals surface area contributed by atoms with E-state index in [9.17, 15) is 9.90 Å². The van der Waals surface area contributed by atoms with Crippen LogP contribution in [-0.2, 0) is 0 Å². The third kappa shape index (κ3) is 2.64. The molecule has 0 spiro atoms. The van der Waals surface area contributed by atoms with Crippen LogP contribution in [0.3, 0.4) is 0 Å². The summed E-state index contributed by atoms with van der Waals surface area (Å²) in [6, 6.07) is 19.3. The van der Waals surface area contributed by atoms with Gasteiger partial charge in [0.05, 0.1) is 9.76 Å². The van der Waals surface area contributed by atoms with Crippen molar-refractivity contribution in [1.29, 1.82) is 0 Å². The van der Waals surface area contributed by atoms with Gasteiger partial charge in [-0.2, -0.15) is 0 Å². The van der Waals surface area contributed by atoms with Gasteiger partial charge >= 0.3 is 0 Å². The molecule has 0 unspecified atom stereocenters. The molecule has 0 saturated heterocycles. The van der Waals surface area contributed by atoms with Gasteiger partial charge in [0.1, 0.15) is 0 Å². The maximum atomic E-state index is 11.5. The fourth-order valence-corrected chi connectivity index (χ4v) is 4.15. The van der Waals surface area contributed by atoms with E-state index in [1.807, 2.05) is 60.7 Å². The topological polar surface area (TPSA) is 40.1 Å². The zero-order chi connectivity index (χ0) is 14.8. The lowest BCUT2D eigenvalue weighted by molar-refractivity contribution is -0.255. The van der Waals surface area contributed by atoms with Crippen molar-refractivity contribution in [2.45, 2.75) is 0 Å². The summed E-state index contributed by atoms with van der Waals surface area (Å²) in [4.78, 5) is 12.5. The van der Waals surface area contributed by atoms with Crippen molar-refractivity contribution in [3.63, 3.8) is 0 Å². The first-order valence-electron chi connectivity index (χ1n) is 6.33. The minimum absolute atomic E-state index is 0.213. The SMILES string of the molecule is O=C([O-])c1c(Br)sc(-c2ccccc2)c1-c1ccccc1. The average molecular weight is 358 g/mol. The number of thiophene rings is 1. The third-order valence-corrected chi connectivity index (χ3v) is 5.08. The Morgan fingerprint density at radius 2 is 1.43 bits per heavy atom. The Bertz CT molecular complexity index is 779. The molecule has 0 radical (unpaired) electrons. The lowest BCUT2D eigenvalue weighted by Gasteiger charge is -2.09. The van der Waals surface area contributed by atoms with E-state index in [4.69, 9.17) is 0 Å². The molecule has 0 amide bonds. The quantitative estimate of drug-likeness (QED) is 0.704. The van der Waals surface area contributed by atoms with Crippen molar-refractivity contribution >= 4 is 33.2 Å². The number of carboxylic acids is 1. The summed E-state index contributed by atoms with van der Waals surface area (Å²) in [5, 5.41) is 11.5. The van der Waals surface area contributed by atoms with Gasteiger partial charge in [-0.1, -0.05) is 60.7 Å². The molecular weight excluding hydrogens is 348 g/mol. The number of carbonyl (C=O) groups is 1. The second-order valence-electron chi connectivity index (χ2n) is 4.47. The summed E-state index contributed by atoms with van der Waals surface area (Å²) in [5.41, 5.74) is 2.79. The van der Waals surface area contributed by atoms with Gasteiger partial charge in [0, 0.05) is 16.0 Å². The van der Waals surface area contributed by atoms with Gasteiger partial charge in [0.25, 0.3) is 0 Å². The van der Waals surface area contributed by atoms with E-state index < -0.39 is 5.97 Å². The summed E-state index contributed by atoms with van der Waals surface area (Å²) in [6.07, 6.45) is 0. The Labute approximate surface area is 134 Å². The van der Waals surface area contributed by atoms with Gasteiger partial charge in [-0.3, -0.25) is 0 Å². The van der Waals surface area contributed by atoms with Crippen LogP contribution < -0.4 is 5.11 Å². The van der Waals surface area contributed by atoms with Gasteiger partial charge < -0.3 is 9.90 Å². The van der Waals surface area contributed by atoms with Crippen LogP contribution in [0.15, 0.2) is 64.5 Å². The van der Waals surface area contributed by atoms with Crippen LogP contribution in [0.1, 0.15) is 10.4 Å². The number of hydrogen-bond acceptors (Lipinski definition) is 3. The number of carboxylic acid groups (broad SMARTS) is 1. The fraction of sp³-hybridized carbons (Fsp3) is 0. The van der Waals surface area contributed by atoms with Gasteiger partial charge in [-0.05, 0) is 27.1 Å². The third-order valence-electron chi connectivity index (χ3n) is 3.17. The number of carbonyl (C=O) groups excluding carboxylic acids is 1. The molecule has 0 aliphatic carbocycles. The van der Waals surface area contributed by atoms with Crippen molar-refractivity contribution in [3.8, 4) is 21.6 Å². The van der Waals surface area contributed by atoms with Crippen LogP contribution in [0.2, 0.25) is 0 Å². The molecule has 0 bridgehead atoms. The van der Waals surface area contributed by atoms with E-state index in [2.05, 4.69) is 15.9 Å². The standard InChI is InChI=1S/C17H11BrO2S/c18-16-14(17(19)20)13(11-7-3-1-4-8-11)15(21-16)12-9-5-2-6-10-12/h1-10H,(H,19,20)/p-1. The smallest absolute Gasteiger partial charge is 0.0802 e. The highest BCUT2D eigenvalue weighted by Gasteiger charge is 2.19. The molecule has 0 aliphatic rings. The Morgan fingerprint density at radius 1 is 0.905 bits per heavy atom. The molecule has 3 aromatic rings. The molecule has 1 aromatic heterocycles. The molecule has 3 rings (SSSR count). The molecule has 0 atom stereocenters. The minimum atomic E-state index is -1.17. The molecule has 0 N–H and O–H groups in total. The summed E-state index contributed by atoms with van der Waals surface area (Å²) in [6.45, 7) is 0. The van der Waals surface area contributed by atoms with Crippen LogP contribution >= 0.6 is 27.3 Å². The maximum absolute atomic E-state index is 11.5. The molecule has 21 heavy (non-hydrogen) atoms. The maximum Gasteiger partial charge on any atom is 0.0802 e. The second kappa shape index (κ2) is 5.84.